The standard InChI is InChI=1S/C17H22N6O3/c1-11-16(23(25)26)12(2)22(20-11)13(3)17(24)19-18-10-14-6-8-15(9-7-14)21(4)5/h6-10,13H,1-5H3,(H,19,24)/t13-/m1/s1. The van der Waals surface area contributed by atoms with Crippen molar-refractivity contribution in [3.8, 4) is 0 Å². The third kappa shape index (κ3) is 4.05. The van der Waals surface area contributed by atoms with E-state index in [9.17, 15) is 14.9 Å². The minimum atomic E-state index is -0.726. The molecule has 9 nitrogen and oxygen atoms in total. The SMILES string of the molecule is Cc1nn([C@H](C)C(=O)NN=Cc2ccc(N(C)C)cc2)c(C)c1[N+](=O)[O-]. The van der Waals surface area contributed by atoms with Gasteiger partial charge in [-0.15, -0.1) is 0 Å². The van der Waals surface area contributed by atoms with Crippen LogP contribution in [0.1, 0.15) is 29.9 Å². The molecular weight excluding hydrogens is 336 g/mol. The Kier molecular flexibility index (Phi) is 5.71. The summed E-state index contributed by atoms with van der Waals surface area (Å²) in [6, 6.07) is 6.94. The number of carbonyl (C=O) groups is 1. The molecule has 1 atom stereocenters. The number of nitrogens with zero attached hydrogens (tertiary/aromatic N) is 5. The summed E-state index contributed by atoms with van der Waals surface area (Å²) in [5.74, 6) is -0.411. The van der Waals surface area contributed by atoms with Gasteiger partial charge < -0.3 is 4.90 Å². The minimum Gasteiger partial charge on any atom is -0.378 e. The lowest BCUT2D eigenvalue weighted by Crippen LogP contribution is -2.28. The first-order chi connectivity index (χ1) is 12.2. The first-order valence-corrected chi connectivity index (χ1v) is 8.02. The summed E-state index contributed by atoms with van der Waals surface area (Å²) in [7, 11) is 3.90. The maximum Gasteiger partial charge on any atom is 0.312 e. The summed E-state index contributed by atoms with van der Waals surface area (Å²) in [6.45, 7) is 4.72. The first kappa shape index (κ1) is 19.1. The average molecular weight is 358 g/mol. The Bertz CT molecular complexity index is 839. The van der Waals surface area contributed by atoms with Crippen molar-refractivity contribution in [2.75, 3.05) is 19.0 Å². The van der Waals surface area contributed by atoms with Crippen molar-refractivity contribution < 1.29 is 9.72 Å². The van der Waals surface area contributed by atoms with Gasteiger partial charge in [-0.05, 0) is 38.5 Å². The second-order valence-corrected chi connectivity index (χ2v) is 6.12. The van der Waals surface area contributed by atoms with E-state index < -0.39 is 16.9 Å². The molecule has 0 saturated carbocycles. The smallest absolute Gasteiger partial charge is 0.312 e. The molecule has 0 fully saturated rings. The Labute approximate surface area is 151 Å². The molecule has 0 aliphatic heterocycles. The molecule has 1 amide bonds. The van der Waals surface area contributed by atoms with E-state index in [1.54, 1.807) is 20.8 Å². The number of hydrazone groups is 1. The van der Waals surface area contributed by atoms with Crippen LogP contribution in [-0.2, 0) is 4.79 Å². The van der Waals surface area contributed by atoms with Crippen molar-refractivity contribution in [1.29, 1.82) is 0 Å². The highest BCUT2D eigenvalue weighted by atomic mass is 16.6. The molecule has 0 aliphatic carbocycles. The van der Waals surface area contributed by atoms with Gasteiger partial charge in [0.05, 0.1) is 11.1 Å². The van der Waals surface area contributed by atoms with E-state index >= 15 is 0 Å². The van der Waals surface area contributed by atoms with Crippen molar-refractivity contribution in [3.63, 3.8) is 0 Å². The summed E-state index contributed by atoms with van der Waals surface area (Å²) >= 11 is 0. The van der Waals surface area contributed by atoms with Gasteiger partial charge in [0.25, 0.3) is 5.91 Å². The average Bonchev–Trinajstić information content (AvgIpc) is 2.89. The van der Waals surface area contributed by atoms with Gasteiger partial charge in [0.2, 0.25) is 0 Å². The lowest BCUT2D eigenvalue weighted by Gasteiger charge is -2.12. The monoisotopic (exact) mass is 358 g/mol. The number of amides is 1. The zero-order valence-electron chi connectivity index (χ0n) is 15.4. The molecule has 0 aliphatic rings. The largest absolute Gasteiger partial charge is 0.378 e. The molecule has 1 heterocycles. The van der Waals surface area contributed by atoms with Crippen LogP contribution in [0.2, 0.25) is 0 Å². The second-order valence-electron chi connectivity index (χ2n) is 6.12. The van der Waals surface area contributed by atoms with E-state index in [0.29, 0.717) is 5.69 Å². The number of anilines is 1. The van der Waals surface area contributed by atoms with E-state index in [4.69, 9.17) is 0 Å². The third-order valence-corrected chi connectivity index (χ3v) is 4.01. The molecule has 1 aromatic carbocycles. The molecule has 0 saturated heterocycles. The van der Waals surface area contributed by atoms with Gasteiger partial charge in [0, 0.05) is 19.8 Å². The summed E-state index contributed by atoms with van der Waals surface area (Å²) in [5.41, 5.74) is 4.87. The van der Waals surface area contributed by atoms with Crippen LogP contribution in [0.25, 0.3) is 0 Å². The molecule has 1 N–H and O–H groups in total. The van der Waals surface area contributed by atoms with Crippen LogP contribution >= 0.6 is 0 Å². The first-order valence-electron chi connectivity index (χ1n) is 8.02. The van der Waals surface area contributed by atoms with Gasteiger partial charge in [0.15, 0.2) is 0 Å². The number of aryl methyl sites for hydroxylation is 1. The van der Waals surface area contributed by atoms with E-state index in [0.717, 1.165) is 11.3 Å². The Hall–Kier alpha value is -3.23. The van der Waals surface area contributed by atoms with Gasteiger partial charge in [-0.3, -0.25) is 19.6 Å². The highest BCUT2D eigenvalue weighted by Gasteiger charge is 2.26. The number of nitrogens with one attached hydrogen (secondary N) is 1. The van der Waals surface area contributed by atoms with E-state index in [1.165, 1.54) is 10.9 Å². The van der Waals surface area contributed by atoms with Gasteiger partial charge in [0.1, 0.15) is 17.4 Å². The molecular formula is C17H22N6O3. The summed E-state index contributed by atoms with van der Waals surface area (Å²) < 4.78 is 1.34. The Balaban J connectivity index is 2.05. The van der Waals surface area contributed by atoms with Gasteiger partial charge in [-0.1, -0.05) is 12.1 Å². The van der Waals surface area contributed by atoms with E-state index in [1.807, 2.05) is 43.3 Å². The Morgan fingerprint density at radius 2 is 1.96 bits per heavy atom. The van der Waals surface area contributed by atoms with Crippen LogP contribution in [-0.4, -0.2) is 40.9 Å². The van der Waals surface area contributed by atoms with Gasteiger partial charge >= 0.3 is 5.69 Å². The highest BCUT2D eigenvalue weighted by Crippen LogP contribution is 2.24. The lowest BCUT2D eigenvalue weighted by atomic mass is 10.2. The Morgan fingerprint density at radius 1 is 1.35 bits per heavy atom. The number of carbonyl (C=O) groups excluding carboxylic acids is 1. The van der Waals surface area contributed by atoms with Crippen LogP contribution < -0.4 is 10.3 Å². The predicted octanol–water partition coefficient (Wildman–Crippen LogP) is 2.19. The van der Waals surface area contributed by atoms with Gasteiger partial charge in [-0.25, -0.2) is 5.43 Å². The van der Waals surface area contributed by atoms with Gasteiger partial charge in [-0.2, -0.15) is 10.2 Å². The highest BCUT2D eigenvalue weighted by molar-refractivity contribution is 5.84. The topological polar surface area (TPSA) is 106 Å². The number of rotatable bonds is 6. The van der Waals surface area contributed by atoms with E-state index in [-0.39, 0.29) is 11.4 Å². The summed E-state index contributed by atoms with van der Waals surface area (Å²) in [4.78, 5) is 24.8. The molecule has 0 bridgehead atoms. The van der Waals surface area contributed by atoms with Crippen molar-refractivity contribution in [2.45, 2.75) is 26.8 Å². The molecule has 0 radical (unpaired) electrons. The van der Waals surface area contributed by atoms with Crippen LogP contribution in [0.4, 0.5) is 11.4 Å². The fourth-order valence-electron chi connectivity index (χ4n) is 2.53. The zero-order chi connectivity index (χ0) is 19.4. The van der Waals surface area contributed by atoms with E-state index in [2.05, 4.69) is 15.6 Å². The number of aromatic nitrogens is 2. The molecule has 138 valence electrons. The minimum absolute atomic E-state index is 0.0749. The fourth-order valence-corrected chi connectivity index (χ4v) is 2.53. The molecule has 26 heavy (non-hydrogen) atoms. The summed E-state index contributed by atoms with van der Waals surface area (Å²) in [6.07, 6.45) is 1.54. The fraction of sp³-hybridized carbons (Fsp3) is 0.353. The quantitative estimate of drug-likeness (QED) is 0.484. The van der Waals surface area contributed by atoms with Crippen molar-refractivity contribution in [3.05, 3.63) is 51.3 Å². The zero-order valence-corrected chi connectivity index (χ0v) is 15.4. The number of benzene rings is 1. The molecule has 1 aromatic heterocycles. The number of hydrogen-bond acceptors (Lipinski definition) is 6. The van der Waals surface area contributed by atoms with Crippen LogP contribution in [0.5, 0.6) is 0 Å². The van der Waals surface area contributed by atoms with Crippen molar-refractivity contribution in [2.24, 2.45) is 5.10 Å². The molecule has 2 rings (SSSR count). The second kappa shape index (κ2) is 7.77. The summed E-state index contributed by atoms with van der Waals surface area (Å²) in [5, 5.41) is 19.1. The van der Waals surface area contributed by atoms with Crippen molar-refractivity contribution >= 4 is 23.5 Å². The Morgan fingerprint density at radius 3 is 2.46 bits per heavy atom. The van der Waals surface area contributed by atoms with Crippen LogP contribution in [0.15, 0.2) is 29.4 Å². The molecule has 9 heteroatoms. The lowest BCUT2D eigenvalue weighted by molar-refractivity contribution is -0.386. The normalized spacial score (nSPS) is 12.2. The number of hydrogen-bond donors (Lipinski definition) is 1. The van der Waals surface area contributed by atoms with Crippen LogP contribution in [0, 0.1) is 24.0 Å². The van der Waals surface area contributed by atoms with Crippen molar-refractivity contribution in [1.82, 2.24) is 15.2 Å². The third-order valence-electron chi connectivity index (χ3n) is 4.01. The van der Waals surface area contributed by atoms with Crippen LogP contribution in [0.3, 0.4) is 0 Å². The number of nitro groups is 1. The maximum atomic E-state index is 12.3. The maximum absolute atomic E-state index is 12.3. The molecule has 0 unspecified atom stereocenters. The molecule has 0 spiro atoms. The molecule has 2 aromatic rings. The predicted molar refractivity (Wildman–Crippen MR) is 99.6 cm³/mol.